The fourth-order valence-electron chi connectivity index (χ4n) is 3.42. The predicted octanol–water partition coefficient (Wildman–Crippen LogP) is 0.963. The number of aromatic nitrogens is 2. The number of amides is 3. The topological polar surface area (TPSA) is 91.6 Å². The molecule has 8 nitrogen and oxygen atoms in total. The van der Waals surface area contributed by atoms with Crippen molar-refractivity contribution in [1.29, 1.82) is 0 Å². The van der Waals surface area contributed by atoms with Gasteiger partial charge in [0.15, 0.2) is 5.82 Å². The number of carbonyl (C=O) groups is 2. The fraction of sp³-hybridized carbons (Fsp3) is 0.750. The first-order valence-corrected chi connectivity index (χ1v) is 8.60. The largest absolute Gasteiger partial charge is 0.344 e. The Morgan fingerprint density at radius 1 is 1.33 bits per heavy atom. The highest BCUT2D eigenvalue weighted by atomic mass is 16.5. The van der Waals surface area contributed by atoms with Gasteiger partial charge in [0, 0.05) is 52.5 Å². The lowest BCUT2D eigenvalue weighted by Crippen LogP contribution is -2.53. The molecule has 1 N–H and O–H groups in total. The SMILES string of the molecule is Cc1nc(CC2CCN(C(=O)N[C@H]3CCC(=O)N(C)C3)CC2)no1. The number of urea groups is 1. The van der Waals surface area contributed by atoms with E-state index in [0.29, 0.717) is 24.8 Å². The van der Waals surface area contributed by atoms with Crippen LogP contribution < -0.4 is 5.32 Å². The zero-order chi connectivity index (χ0) is 17.1. The van der Waals surface area contributed by atoms with Crippen LogP contribution in [-0.2, 0) is 11.2 Å². The van der Waals surface area contributed by atoms with Crippen molar-refractivity contribution in [3.63, 3.8) is 0 Å². The van der Waals surface area contributed by atoms with Gasteiger partial charge in [-0.2, -0.15) is 4.98 Å². The van der Waals surface area contributed by atoms with E-state index < -0.39 is 0 Å². The van der Waals surface area contributed by atoms with Gasteiger partial charge in [-0.15, -0.1) is 0 Å². The van der Waals surface area contributed by atoms with Crippen LogP contribution in [0, 0.1) is 12.8 Å². The molecule has 1 aromatic heterocycles. The Labute approximate surface area is 141 Å². The molecular weight excluding hydrogens is 310 g/mol. The van der Waals surface area contributed by atoms with Gasteiger partial charge >= 0.3 is 6.03 Å². The number of piperidine rings is 2. The van der Waals surface area contributed by atoms with Crippen molar-refractivity contribution < 1.29 is 14.1 Å². The summed E-state index contributed by atoms with van der Waals surface area (Å²) in [5.41, 5.74) is 0. The van der Waals surface area contributed by atoms with E-state index in [4.69, 9.17) is 4.52 Å². The van der Waals surface area contributed by atoms with Crippen molar-refractivity contribution in [3.8, 4) is 0 Å². The van der Waals surface area contributed by atoms with Gasteiger partial charge in [-0.1, -0.05) is 5.16 Å². The number of nitrogens with one attached hydrogen (secondary N) is 1. The number of aryl methyl sites for hydroxylation is 1. The summed E-state index contributed by atoms with van der Waals surface area (Å²) in [6, 6.07) is 0.0387. The predicted molar refractivity (Wildman–Crippen MR) is 86.2 cm³/mol. The van der Waals surface area contributed by atoms with Crippen LogP contribution in [-0.4, -0.2) is 64.6 Å². The molecule has 0 unspecified atom stereocenters. The van der Waals surface area contributed by atoms with Crippen molar-refractivity contribution in [2.75, 3.05) is 26.7 Å². The third-order valence-corrected chi connectivity index (χ3v) is 4.90. The third kappa shape index (κ3) is 4.04. The summed E-state index contributed by atoms with van der Waals surface area (Å²) in [7, 11) is 1.78. The Morgan fingerprint density at radius 3 is 2.71 bits per heavy atom. The first kappa shape index (κ1) is 16.7. The minimum Gasteiger partial charge on any atom is -0.344 e. The van der Waals surface area contributed by atoms with E-state index in [1.807, 2.05) is 4.90 Å². The maximum Gasteiger partial charge on any atom is 0.317 e. The first-order chi connectivity index (χ1) is 11.5. The zero-order valence-corrected chi connectivity index (χ0v) is 14.3. The van der Waals surface area contributed by atoms with Gasteiger partial charge in [0.2, 0.25) is 11.8 Å². The molecule has 0 spiro atoms. The summed E-state index contributed by atoms with van der Waals surface area (Å²) in [5, 5.41) is 7.00. The van der Waals surface area contributed by atoms with Gasteiger partial charge < -0.3 is 19.6 Å². The molecule has 2 aliphatic heterocycles. The molecule has 3 heterocycles. The van der Waals surface area contributed by atoms with Crippen molar-refractivity contribution in [3.05, 3.63) is 11.7 Å². The van der Waals surface area contributed by atoms with E-state index in [1.54, 1.807) is 18.9 Å². The second-order valence-electron chi connectivity index (χ2n) is 6.82. The molecule has 0 aliphatic carbocycles. The number of hydrogen-bond acceptors (Lipinski definition) is 5. The van der Waals surface area contributed by atoms with E-state index >= 15 is 0 Å². The highest BCUT2D eigenvalue weighted by molar-refractivity contribution is 5.78. The van der Waals surface area contributed by atoms with E-state index in [9.17, 15) is 9.59 Å². The number of nitrogens with zero attached hydrogens (tertiary/aromatic N) is 4. The summed E-state index contributed by atoms with van der Waals surface area (Å²) >= 11 is 0. The highest BCUT2D eigenvalue weighted by Crippen LogP contribution is 2.21. The Morgan fingerprint density at radius 2 is 2.08 bits per heavy atom. The lowest BCUT2D eigenvalue weighted by molar-refractivity contribution is -0.132. The van der Waals surface area contributed by atoms with Crippen LogP contribution in [0.3, 0.4) is 0 Å². The van der Waals surface area contributed by atoms with Crippen molar-refractivity contribution in [2.45, 2.75) is 45.1 Å². The number of carbonyl (C=O) groups excluding carboxylic acids is 2. The minimum atomic E-state index is -0.0170. The molecular formula is C16H25N5O3. The smallest absolute Gasteiger partial charge is 0.317 e. The van der Waals surface area contributed by atoms with Gasteiger partial charge in [0.1, 0.15) is 0 Å². The molecule has 3 amide bonds. The number of likely N-dealkylation sites (tertiary alicyclic amines) is 2. The van der Waals surface area contributed by atoms with Gasteiger partial charge in [0.25, 0.3) is 0 Å². The second kappa shape index (κ2) is 7.19. The van der Waals surface area contributed by atoms with E-state index in [0.717, 1.165) is 44.6 Å². The molecule has 132 valence electrons. The maximum atomic E-state index is 12.4. The Balaban J connectivity index is 1.42. The molecule has 2 fully saturated rings. The Kier molecular flexibility index (Phi) is 5.01. The second-order valence-corrected chi connectivity index (χ2v) is 6.82. The minimum absolute atomic E-state index is 0.0170. The molecule has 0 bridgehead atoms. The quantitative estimate of drug-likeness (QED) is 0.888. The van der Waals surface area contributed by atoms with Gasteiger partial charge in [-0.05, 0) is 25.2 Å². The van der Waals surface area contributed by atoms with Crippen LogP contribution in [0.4, 0.5) is 4.79 Å². The Bertz CT molecular complexity index is 594. The first-order valence-electron chi connectivity index (χ1n) is 8.60. The van der Waals surface area contributed by atoms with Crippen molar-refractivity contribution in [2.24, 2.45) is 5.92 Å². The molecule has 24 heavy (non-hydrogen) atoms. The molecule has 1 atom stereocenters. The molecule has 0 radical (unpaired) electrons. The normalized spacial score (nSPS) is 22.8. The van der Waals surface area contributed by atoms with Crippen LogP contribution in [0.15, 0.2) is 4.52 Å². The average Bonchev–Trinajstić information content (AvgIpc) is 2.96. The lowest BCUT2D eigenvalue weighted by atomic mass is 9.93. The summed E-state index contributed by atoms with van der Waals surface area (Å²) in [4.78, 5) is 31.7. The van der Waals surface area contributed by atoms with Crippen molar-refractivity contribution in [1.82, 2.24) is 25.3 Å². The van der Waals surface area contributed by atoms with Gasteiger partial charge in [-0.3, -0.25) is 4.79 Å². The van der Waals surface area contributed by atoms with E-state index in [1.165, 1.54) is 0 Å². The standard InChI is InChI=1S/C16H25N5O3/c1-11-17-14(19-24-11)9-12-5-7-21(8-6-12)16(23)18-13-3-4-15(22)20(2)10-13/h12-13H,3-10H2,1-2H3,(H,18,23)/t13-/m0/s1. The zero-order valence-electron chi connectivity index (χ0n) is 14.3. The molecule has 1 aromatic rings. The van der Waals surface area contributed by atoms with Gasteiger partial charge in [0.05, 0.1) is 0 Å². The highest BCUT2D eigenvalue weighted by Gasteiger charge is 2.28. The van der Waals surface area contributed by atoms with Crippen LogP contribution in [0.5, 0.6) is 0 Å². The molecule has 2 saturated heterocycles. The monoisotopic (exact) mass is 335 g/mol. The van der Waals surface area contributed by atoms with Crippen LogP contribution in [0.2, 0.25) is 0 Å². The summed E-state index contributed by atoms with van der Waals surface area (Å²) in [6.07, 6.45) is 3.94. The summed E-state index contributed by atoms with van der Waals surface area (Å²) in [6.45, 7) is 3.88. The fourth-order valence-corrected chi connectivity index (χ4v) is 3.42. The molecule has 3 rings (SSSR count). The lowest BCUT2D eigenvalue weighted by Gasteiger charge is -2.35. The molecule has 8 heteroatoms. The van der Waals surface area contributed by atoms with Crippen LogP contribution in [0.25, 0.3) is 0 Å². The van der Waals surface area contributed by atoms with Crippen molar-refractivity contribution >= 4 is 11.9 Å². The molecule has 0 aromatic carbocycles. The third-order valence-electron chi connectivity index (χ3n) is 4.90. The molecule has 2 aliphatic rings. The summed E-state index contributed by atoms with van der Waals surface area (Å²) in [5.74, 6) is 1.99. The maximum absolute atomic E-state index is 12.4. The Hall–Kier alpha value is -2.12. The van der Waals surface area contributed by atoms with Crippen LogP contribution >= 0.6 is 0 Å². The van der Waals surface area contributed by atoms with E-state index in [2.05, 4.69) is 15.5 Å². The number of rotatable bonds is 3. The molecule has 0 saturated carbocycles. The van der Waals surface area contributed by atoms with Gasteiger partial charge in [-0.25, -0.2) is 4.79 Å². The number of likely N-dealkylation sites (N-methyl/N-ethyl adjacent to an activating group) is 1. The summed E-state index contributed by atoms with van der Waals surface area (Å²) < 4.78 is 5.00. The van der Waals surface area contributed by atoms with Crippen LogP contribution in [0.1, 0.15) is 37.4 Å². The van der Waals surface area contributed by atoms with E-state index in [-0.39, 0.29) is 18.0 Å². The average molecular weight is 335 g/mol. The number of hydrogen-bond donors (Lipinski definition) is 1.